The van der Waals surface area contributed by atoms with Crippen LogP contribution in [0.15, 0.2) is 17.2 Å². The molecule has 1 aromatic rings. The van der Waals surface area contributed by atoms with Crippen LogP contribution in [0.3, 0.4) is 0 Å². The molecule has 2 rings (SSSR count). The van der Waals surface area contributed by atoms with Crippen molar-refractivity contribution in [2.45, 2.75) is 32.5 Å². The van der Waals surface area contributed by atoms with Crippen LogP contribution < -0.4 is 5.69 Å². The lowest BCUT2D eigenvalue weighted by Gasteiger charge is -2.03. The Morgan fingerprint density at radius 2 is 2.31 bits per heavy atom. The van der Waals surface area contributed by atoms with Gasteiger partial charge in [-0.1, -0.05) is 0 Å². The monoisotopic (exact) mass is 182 g/mol. The number of epoxide rings is 1. The van der Waals surface area contributed by atoms with Crippen LogP contribution in [0.4, 0.5) is 0 Å². The molecular formula is C9H14N2O2. The number of hydrogen-bond donors (Lipinski definition) is 0. The molecule has 1 atom stereocenters. The Morgan fingerprint density at radius 3 is 2.77 bits per heavy atom. The molecule has 0 bridgehead atoms. The van der Waals surface area contributed by atoms with E-state index in [-0.39, 0.29) is 17.8 Å². The van der Waals surface area contributed by atoms with Crippen LogP contribution in [0.1, 0.15) is 19.9 Å². The summed E-state index contributed by atoms with van der Waals surface area (Å²) in [5, 5.41) is 0. The van der Waals surface area contributed by atoms with E-state index in [0.717, 1.165) is 6.61 Å². The SMILES string of the molecule is CC(C)n1ccn(CC2CO2)c1=O. The molecule has 0 amide bonds. The van der Waals surface area contributed by atoms with E-state index in [1.807, 2.05) is 26.2 Å². The molecule has 1 aromatic heterocycles. The highest BCUT2D eigenvalue weighted by Gasteiger charge is 2.23. The molecule has 0 spiro atoms. The van der Waals surface area contributed by atoms with Gasteiger partial charge < -0.3 is 4.74 Å². The van der Waals surface area contributed by atoms with Crippen molar-refractivity contribution in [1.29, 1.82) is 0 Å². The van der Waals surface area contributed by atoms with Gasteiger partial charge in [0.15, 0.2) is 0 Å². The fraction of sp³-hybridized carbons (Fsp3) is 0.667. The fourth-order valence-electron chi connectivity index (χ4n) is 1.35. The van der Waals surface area contributed by atoms with Gasteiger partial charge in [0, 0.05) is 18.4 Å². The minimum absolute atomic E-state index is 0.0606. The summed E-state index contributed by atoms with van der Waals surface area (Å²) in [5.74, 6) is 0. The Kier molecular flexibility index (Phi) is 2.00. The average Bonchev–Trinajstić information content (AvgIpc) is 2.78. The third kappa shape index (κ3) is 1.67. The van der Waals surface area contributed by atoms with Gasteiger partial charge in [-0.25, -0.2) is 4.79 Å². The zero-order chi connectivity index (χ0) is 9.42. The lowest BCUT2D eigenvalue weighted by Crippen LogP contribution is -2.26. The Hall–Kier alpha value is -1.03. The molecule has 1 fully saturated rings. The zero-order valence-corrected chi connectivity index (χ0v) is 7.93. The number of aromatic nitrogens is 2. The standard InChI is InChI=1S/C9H14N2O2/c1-7(2)11-4-3-10(9(11)12)5-8-6-13-8/h3-4,7-8H,5-6H2,1-2H3. The minimum Gasteiger partial charge on any atom is -0.371 e. The van der Waals surface area contributed by atoms with Gasteiger partial charge in [0.25, 0.3) is 0 Å². The Balaban J connectivity index is 2.21. The maximum atomic E-state index is 11.6. The Bertz CT molecular complexity index is 347. The Labute approximate surface area is 76.7 Å². The summed E-state index contributed by atoms with van der Waals surface area (Å²) in [6, 6.07) is 0.230. The van der Waals surface area contributed by atoms with Crippen LogP contribution in [0.5, 0.6) is 0 Å². The van der Waals surface area contributed by atoms with E-state index >= 15 is 0 Å². The predicted molar refractivity (Wildman–Crippen MR) is 48.8 cm³/mol. The molecule has 0 aliphatic carbocycles. The first-order valence-electron chi connectivity index (χ1n) is 4.57. The summed E-state index contributed by atoms with van der Waals surface area (Å²) >= 11 is 0. The first-order valence-corrected chi connectivity index (χ1v) is 4.57. The van der Waals surface area contributed by atoms with Crippen molar-refractivity contribution in [2.24, 2.45) is 0 Å². The summed E-state index contributed by atoms with van der Waals surface area (Å²) in [6.07, 6.45) is 3.92. The highest BCUT2D eigenvalue weighted by atomic mass is 16.6. The third-order valence-corrected chi connectivity index (χ3v) is 2.23. The zero-order valence-electron chi connectivity index (χ0n) is 7.93. The molecule has 0 radical (unpaired) electrons. The number of hydrogen-bond acceptors (Lipinski definition) is 2. The lowest BCUT2D eigenvalue weighted by molar-refractivity contribution is 0.378. The summed E-state index contributed by atoms with van der Waals surface area (Å²) in [5.41, 5.74) is 0.0606. The summed E-state index contributed by atoms with van der Waals surface area (Å²) in [7, 11) is 0. The van der Waals surface area contributed by atoms with E-state index in [1.54, 1.807) is 9.13 Å². The molecule has 1 aliphatic heterocycles. The van der Waals surface area contributed by atoms with Crippen molar-refractivity contribution in [1.82, 2.24) is 9.13 Å². The van der Waals surface area contributed by atoms with Crippen LogP contribution in [-0.4, -0.2) is 21.8 Å². The van der Waals surface area contributed by atoms with Crippen LogP contribution >= 0.6 is 0 Å². The minimum atomic E-state index is 0.0606. The Morgan fingerprint density at radius 1 is 1.62 bits per heavy atom. The van der Waals surface area contributed by atoms with Crippen molar-refractivity contribution in [3.05, 3.63) is 22.9 Å². The molecule has 1 aliphatic rings. The third-order valence-electron chi connectivity index (χ3n) is 2.23. The summed E-state index contributed by atoms with van der Waals surface area (Å²) < 4.78 is 8.50. The quantitative estimate of drug-likeness (QED) is 0.643. The molecule has 4 heteroatoms. The number of imidazole rings is 1. The van der Waals surface area contributed by atoms with Crippen molar-refractivity contribution >= 4 is 0 Å². The van der Waals surface area contributed by atoms with Gasteiger partial charge in [0.1, 0.15) is 0 Å². The molecule has 1 saturated heterocycles. The maximum Gasteiger partial charge on any atom is 0.328 e. The molecule has 13 heavy (non-hydrogen) atoms. The fourth-order valence-corrected chi connectivity index (χ4v) is 1.35. The molecular weight excluding hydrogens is 168 g/mol. The highest BCUT2D eigenvalue weighted by molar-refractivity contribution is 4.86. The normalized spacial score (nSPS) is 21.0. The molecule has 2 heterocycles. The van der Waals surface area contributed by atoms with Gasteiger partial charge in [-0.05, 0) is 13.8 Å². The van der Waals surface area contributed by atoms with E-state index < -0.39 is 0 Å². The van der Waals surface area contributed by atoms with Gasteiger partial charge in [-0.3, -0.25) is 9.13 Å². The van der Waals surface area contributed by atoms with Crippen molar-refractivity contribution in [3.63, 3.8) is 0 Å². The van der Waals surface area contributed by atoms with E-state index in [9.17, 15) is 4.79 Å². The smallest absolute Gasteiger partial charge is 0.328 e. The highest BCUT2D eigenvalue weighted by Crippen LogP contribution is 2.10. The second-order valence-corrected chi connectivity index (χ2v) is 3.69. The molecule has 1 unspecified atom stereocenters. The van der Waals surface area contributed by atoms with Crippen LogP contribution in [0.25, 0.3) is 0 Å². The van der Waals surface area contributed by atoms with Crippen molar-refractivity contribution < 1.29 is 4.74 Å². The maximum absolute atomic E-state index is 11.6. The second-order valence-electron chi connectivity index (χ2n) is 3.69. The summed E-state index contributed by atoms with van der Waals surface area (Å²) in [6.45, 7) is 5.48. The van der Waals surface area contributed by atoms with Crippen LogP contribution in [0.2, 0.25) is 0 Å². The van der Waals surface area contributed by atoms with E-state index in [4.69, 9.17) is 4.74 Å². The first-order chi connectivity index (χ1) is 6.18. The molecule has 0 saturated carbocycles. The van der Waals surface area contributed by atoms with E-state index in [1.165, 1.54) is 0 Å². The first kappa shape index (κ1) is 8.56. The molecule has 0 N–H and O–H groups in total. The van der Waals surface area contributed by atoms with Gasteiger partial charge in [-0.2, -0.15) is 0 Å². The van der Waals surface area contributed by atoms with Gasteiger partial charge in [-0.15, -0.1) is 0 Å². The topological polar surface area (TPSA) is 39.5 Å². The van der Waals surface area contributed by atoms with Gasteiger partial charge in [0.2, 0.25) is 0 Å². The molecule has 0 aromatic carbocycles. The van der Waals surface area contributed by atoms with E-state index in [2.05, 4.69) is 0 Å². The largest absolute Gasteiger partial charge is 0.371 e. The molecule has 4 nitrogen and oxygen atoms in total. The number of nitrogens with zero attached hydrogens (tertiary/aromatic N) is 2. The van der Waals surface area contributed by atoms with Gasteiger partial charge in [0.05, 0.1) is 19.3 Å². The molecule has 72 valence electrons. The van der Waals surface area contributed by atoms with Crippen LogP contribution in [-0.2, 0) is 11.3 Å². The van der Waals surface area contributed by atoms with Crippen molar-refractivity contribution in [2.75, 3.05) is 6.61 Å². The lowest BCUT2D eigenvalue weighted by atomic mass is 10.4. The van der Waals surface area contributed by atoms with Gasteiger partial charge >= 0.3 is 5.69 Å². The van der Waals surface area contributed by atoms with E-state index in [0.29, 0.717) is 6.54 Å². The summed E-state index contributed by atoms with van der Waals surface area (Å²) in [4.78, 5) is 11.6. The van der Waals surface area contributed by atoms with Crippen molar-refractivity contribution in [3.8, 4) is 0 Å². The number of rotatable bonds is 3. The number of ether oxygens (including phenoxy) is 1. The second kappa shape index (κ2) is 3.03. The average molecular weight is 182 g/mol. The van der Waals surface area contributed by atoms with Crippen LogP contribution in [0, 0.1) is 0 Å². The predicted octanol–water partition coefficient (Wildman–Crippen LogP) is 0.629.